The molecule has 2 atom stereocenters. The smallest absolute Gasteiger partial charge is 0.122 e. The van der Waals surface area contributed by atoms with Crippen LogP contribution >= 0.6 is 12.4 Å². The van der Waals surface area contributed by atoms with Crippen molar-refractivity contribution in [3.05, 3.63) is 29.3 Å². The van der Waals surface area contributed by atoms with Crippen molar-refractivity contribution >= 4 is 12.4 Å². The highest BCUT2D eigenvalue weighted by Crippen LogP contribution is 2.40. The molecule has 2 nitrogen and oxygen atoms in total. The number of ether oxygens (including phenoxy) is 1. The minimum absolute atomic E-state index is 0. The average molecular weight is 326 g/mol. The van der Waals surface area contributed by atoms with Gasteiger partial charge in [0.15, 0.2) is 0 Å². The highest BCUT2D eigenvalue weighted by molar-refractivity contribution is 5.85. The van der Waals surface area contributed by atoms with Gasteiger partial charge in [-0.05, 0) is 68.3 Å². The largest absolute Gasteiger partial charge is 0.496 e. The lowest BCUT2D eigenvalue weighted by atomic mass is 9.76. The highest BCUT2D eigenvalue weighted by atomic mass is 35.5. The molecule has 1 aliphatic rings. The van der Waals surface area contributed by atoms with Gasteiger partial charge in [-0.15, -0.1) is 12.4 Å². The Kier molecular flexibility index (Phi) is 8.27. The number of methoxy groups -OCH3 is 1. The Morgan fingerprint density at radius 1 is 1.14 bits per heavy atom. The van der Waals surface area contributed by atoms with E-state index < -0.39 is 0 Å². The molecule has 0 heterocycles. The van der Waals surface area contributed by atoms with Crippen molar-refractivity contribution < 1.29 is 4.74 Å². The van der Waals surface area contributed by atoms with Crippen molar-refractivity contribution in [1.82, 2.24) is 4.90 Å². The predicted octanol–water partition coefficient (Wildman–Crippen LogP) is 5.05. The van der Waals surface area contributed by atoms with Crippen LogP contribution in [-0.4, -0.2) is 31.1 Å². The molecule has 1 aromatic rings. The molecule has 0 amide bonds. The molecule has 2 rings (SSSR count). The summed E-state index contributed by atoms with van der Waals surface area (Å²) in [6.45, 7) is 9.39. The first-order chi connectivity index (χ1) is 10.3. The first-order valence-corrected chi connectivity index (χ1v) is 8.66. The molecule has 0 aliphatic heterocycles. The third kappa shape index (κ3) is 3.97. The summed E-state index contributed by atoms with van der Waals surface area (Å²) in [5.41, 5.74) is 2.99. The molecule has 22 heavy (non-hydrogen) atoms. The van der Waals surface area contributed by atoms with Crippen LogP contribution in [-0.2, 0) is 6.42 Å². The molecule has 0 radical (unpaired) electrons. The zero-order valence-electron chi connectivity index (χ0n) is 14.6. The normalized spacial score (nSPS) is 20.4. The summed E-state index contributed by atoms with van der Waals surface area (Å²) < 4.78 is 5.58. The van der Waals surface area contributed by atoms with Gasteiger partial charge in [0.1, 0.15) is 5.75 Å². The van der Waals surface area contributed by atoms with Crippen molar-refractivity contribution in [3.63, 3.8) is 0 Å². The van der Waals surface area contributed by atoms with E-state index in [4.69, 9.17) is 4.74 Å². The van der Waals surface area contributed by atoms with Crippen LogP contribution in [0.2, 0.25) is 0 Å². The van der Waals surface area contributed by atoms with E-state index in [0.717, 1.165) is 12.2 Å². The van der Waals surface area contributed by atoms with E-state index in [1.165, 1.54) is 49.9 Å². The maximum atomic E-state index is 5.58. The fourth-order valence-electron chi connectivity index (χ4n) is 4.04. The van der Waals surface area contributed by atoms with Crippen molar-refractivity contribution in [2.75, 3.05) is 20.2 Å². The van der Waals surface area contributed by atoms with Crippen molar-refractivity contribution in [2.24, 2.45) is 0 Å². The van der Waals surface area contributed by atoms with Crippen LogP contribution in [0.15, 0.2) is 18.2 Å². The van der Waals surface area contributed by atoms with Gasteiger partial charge >= 0.3 is 0 Å². The summed E-state index contributed by atoms with van der Waals surface area (Å²) in [6.07, 6.45) is 6.14. The summed E-state index contributed by atoms with van der Waals surface area (Å²) in [7, 11) is 1.79. The van der Waals surface area contributed by atoms with Crippen LogP contribution in [0.5, 0.6) is 5.75 Å². The quantitative estimate of drug-likeness (QED) is 0.695. The first-order valence-electron chi connectivity index (χ1n) is 8.66. The van der Waals surface area contributed by atoms with Crippen molar-refractivity contribution in [3.8, 4) is 5.75 Å². The Hall–Kier alpha value is -0.730. The van der Waals surface area contributed by atoms with Crippen LogP contribution in [0.25, 0.3) is 0 Å². The molecular formula is C19H32ClNO. The molecule has 0 saturated carbocycles. The van der Waals surface area contributed by atoms with Crippen molar-refractivity contribution in [2.45, 2.75) is 64.8 Å². The van der Waals surface area contributed by atoms with Crippen LogP contribution in [0.1, 0.15) is 63.5 Å². The van der Waals surface area contributed by atoms with E-state index in [1.807, 2.05) is 0 Å². The van der Waals surface area contributed by atoms with Crippen LogP contribution < -0.4 is 4.74 Å². The summed E-state index contributed by atoms with van der Waals surface area (Å²) in [4.78, 5) is 2.73. The second-order valence-corrected chi connectivity index (χ2v) is 6.18. The molecule has 0 bridgehead atoms. The monoisotopic (exact) mass is 325 g/mol. The summed E-state index contributed by atoms with van der Waals surface area (Å²) in [5.74, 6) is 1.74. The van der Waals surface area contributed by atoms with Crippen LogP contribution in [0.4, 0.5) is 0 Å². The maximum Gasteiger partial charge on any atom is 0.122 e. The fourth-order valence-corrected chi connectivity index (χ4v) is 4.04. The van der Waals surface area contributed by atoms with Gasteiger partial charge < -0.3 is 4.74 Å². The van der Waals surface area contributed by atoms with E-state index >= 15 is 0 Å². The molecule has 0 spiro atoms. The van der Waals surface area contributed by atoms with Crippen molar-refractivity contribution in [1.29, 1.82) is 0 Å². The second kappa shape index (κ2) is 9.42. The van der Waals surface area contributed by atoms with Gasteiger partial charge in [0.05, 0.1) is 7.11 Å². The molecule has 0 aromatic heterocycles. The van der Waals surface area contributed by atoms with E-state index in [1.54, 1.807) is 7.11 Å². The number of hydrogen-bond donors (Lipinski definition) is 0. The second-order valence-electron chi connectivity index (χ2n) is 6.18. The molecule has 1 aliphatic carbocycles. The zero-order chi connectivity index (χ0) is 15.2. The van der Waals surface area contributed by atoms with Gasteiger partial charge in [-0.25, -0.2) is 0 Å². The maximum absolute atomic E-state index is 5.58. The average Bonchev–Trinajstić information content (AvgIpc) is 2.52. The van der Waals surface area contributed by atoms with Gasteiger partial charge in [0.25, 0.3) is 0 Å². The number of halogens is 1. The number of hydrogen-bond acceptors (Lipinski definition) is 2. The SMILES string of the molecule is CCCN(CCC)C1CCc2c(OC)cccc2C1CC.Cl. The van der Waals surface area contributed by atoms with Gasteiger partial charge in [-0.2, -0.15) is 0 Å². The number of fused-ring (bicyclic) bond motifs is 1. The van der Waals surface area contributed by atoms with Crippen LogP contribution in [0, 0.1) is 0 Å². The Bertz CT molecular complexity index is 443. The Morgan fingerprint density at radius 3 is 2.36 bits per heavy atom. The number of rotatable bonds is 7. The lowest BCUT2D eigenvalue weighted by Gasteiger charge is -2.41. The van der Waals surface area contributed by atoms with Gasteiger partial charge in [-0.3, -0.25) is 4.90 Å². The van der Waals surface area contributed by atoms with E-state index in [0.29, 0.717) is 12.0 Å². The Morgan fingerprint density at radius 2 is 1.82 bits per heavy atom. The predicted molar refractivity (Wildman–Crippen MR) is 97.5 cm³/mol. The van der Waals surface area contributed by atoms with Gasteiger partial charge in [0.2, 0.25) is 0 Å². The first kappa shape index (κ1) is 19.3. The molecule has 1 aromatic carbocycles. The van der Waals surface area contributed by atoms with Crippen LogP contribution in [0.3, 0.4) is 0 Å². The van der Waals surface area contributed by atoms with E-state index in [9.17, 15) is 0 Å². The van der Waals surface area contributed by atoms with E-state index in [-0.39, 0.29) is 12.4 Å². The number of nitrogens with zero attached hydrogens (tertiary/aromatic N) is 1. The van der Waals surface area contributed by atoms with Gasteiger partial charge in [0, 0.05) is 6.04 Å². The zero-order valence-corrected chi connectivity index (χ0v) is 15.4. The minimum Gasteiger partial charge on any atom is -0.496 e. The summed E-state index contributed by atoms with van der Waals surface area (Å²) in [5, 5.41) is 0. The molecule has 2 unspecified atom stereocenters. The minimum atomic E-state index is 0. The Labute approximate surface area is 142 Å². The molecular weight excluding hydrogens is 294 g/mol. The summed E-state index contributed by atoms with van der Waals surface area (Å²) >= 11 is 0. The lowest BCUT2D eigenvalue weighted by Crippen LogP contribution is -2.43. The molecule has 3 heteroatoms. The molecule has 0 fully saturated rings. The lowest BCUT2D eigenvalue weighted by molar-refractivity contribution is 0.151. The Balaban J connectivity index is 0.00000242. The topological polar surface area (TPSA) is 12.5 Å². The third-order valence-electron chi connectivity index (χ3n) is 4.87. The summed E-state index contributed by atoms with van der Waals surface area (Å²) in [6, 6.07) is 7.30. The highest BCUT2D eigenvalue weighted by Gasteiger charge is 2.33. The fraction of sp³-hybridized carbons (Fsp3) is 0.684. The van der Waals surface area contributed by atoms with Gasteiger partial charge in [-0.1, -0.05) is 32.9 Å². The third-order valence-corrected chi connectivity index (χ3v) is 4.87. The standard InChI is InChI=1S/C19H31NO.ClH/c1-5-13-20(14-6-2)18-12-11-17-16(15(18)7-3)9-8-10-19(17)21-4;/h8-10,15,18H,5-7,11-14H2,1-4H3;1H. The molecule has 0 saturated heterocycles. The number of benzene rings is 1. The van der Waals surface area contributed by atoms with E-state index in [2.05, 4.69) is 43.9 Å². The molecule has 126 valence electrons. The molecule has 0 N–H and O–H groups in total.